The summed E-state index contributed by atoms with van der Waals surface area (Å²) >= 11 is 0. The number of hydrogen-bond donors (Lipinski definition) is 1. The number of amides is 2. The Morgan fingerprint density at radius 3 is 2.63 bits per heavy atom. The van der Waals surface area contributed by atoms with Crippen molar-refractivity contribution >= 4 is 17.5 Å². The summed E-state index contributed by atoms with van der Waals surface area (Å²) in [7, 11) is 1.58. The molecule has 0 spiro atoms. The monoisotopic (exact) mass is 366 g/mol. The molecular weight excluding hydrogens is 344 g/mol. The van der Waals surface area contributed by atoms with Gasteiger partial charge in [-0.3, -0.25) is 9.59 Å². The first-order chi connectivity index (χ1) is 13.2. The number of morpholine rings is 1. The fraction of sp³-hybridized carbons (Fsp3) is 0.333. The van der Waals surface area contributed by atoms with Crippen molar-refractivity contribution in [2.75, 3.05) is 19.0 Å². The van der Waals surface area contributed by atoms with Gasteiger partial charge in [0.05, 0.1) is 13.2 Å². The molecule has 0 aromatic heterocycles. The molecule has 1 aliphatic heterocycles. The molecule has 140 valence electrons. The minimum absolute atomic E-state index is 0.0585. The fourth-order valence-electron chi connectivity index (χ4n) is 3.53. The van der Waals surface area contributed by atoms with E-state index in [1.54, 1.807) is 19.2 Å². The van der Waals surface area contributed by atoms with Crippen LogP contribution in [0, 0.1) is 0 Å². The SMILES string of the molecule is COc1cccc(NC(=O)[C@@H]2OCC(=O)N(C3CC3)[C@H]2c2ccccc2)c1. The minimum atomic E-state index is -0.767. The Morgan fingerprint density at radius 1 is 1.15 bits per heavy atom. The number of carbonyl (C=O) groups is 2. The molecule has 1 N–H and O–H groups in total. The molecule has 1 saturated heterocycles. The van der Waals surface area contributed by atoms with E-state index in [-0.39, 0.29) is 24.5 Å². The van der Waals surface area contributed by atoms with Crippen molar-refractivity contribution in [2.24, 2.45) is 0 Å². The zero-order valence-corrected chi connectivity index (χ0v) is 15.1. The highest BCUT2D eigenvalue weighted by molar-refractivity contribution is 5.96. The van der Waals surface area contributed by atoms with Crippen molar-refractivity contribution < 1.29 is 19.1 Å². The molecule has 2 aromatic carbocycles. The number of hydrogen-bond acceptors (Lipinski definition) is 4. The van der Waals surface area contributed by atoms with E-state index in [2.05, 4.69) is 5.32 Å². The van der Waals surface area contributed by atoms with Gasteiger partial charge < -0.3 is 19.7 Å². The molecule has 2 aliphatic rings. The Hall–Kier alpha value is -2.86. The van der Waals surface area contributed by atoms with Crippen LogP contribution in [0.4, 0.5) is 5.69 Å². The van der Waals surface area contributed by atoms with Crippen LogP contribution in [0.3, 0.4) is 0 Å². The summed E-state index contributed by atoms with van der Waals surface area (Å²) in [4.78, 5) is 27.4. The van der Waals surface area contributed by atoms with Crippen LogP contribution in [-0.2, 0) is 14.3 Å². The molecule has 6 nitrogen and oxygen atoms in total. The van der Waals surface area contributed by atoms with Crippen LogP contribution in [0.5, 0.6) is 5.75 Å². The number of carbonyl (C=O) groups excluding carboxylic acids is 2. The van der Waals surface area contributed by atoms with E-state index in [1.807, 2.05) is 47.4 Å². The maximum Gasteiger partial charge on any atom is 0.256 e. The van der Waals surface area contributed by atoms with E-state index < -0.39 is 12.1 Å². The molecule has 0 bridgehead atoms. The molecule has 1 aliphatic carbocycles. The van der Waals surface area contributed by atoms with Gasteiger partial charge in [-0.15, -0.1) is 0 Å². The standard InChI is InChI=1S/C21H22N2O4/c1-26-17-9-5-8-15(12-17)22-21(25)20-19(14-6-3-2-4-7-14)23(16-10-11-16)18(24)13-27-20/h2-9,12,16,19-20H,10-11,13H2,1H3,(H,22,25)/t19-,20+/m0/s1. The summed E-state index contributed by atoms with van der Waals surface area (Å²) in [5.74, 6) is 0.332. The average Bonchev–Trinajstić information content (AvgIpc) is 3.53. The van der Waals surface area contributed by atoms with Crippen molar-refractivity contribution in [1.29, 1.82) is 0 Å². The molecule has 2 fully saturated rings. The summed E-state index contributed by atoms with van der Waals surface area (Å²) in [6.07, 6.45) is 1.18. The van der Waals surface area contributed by atoms with Crippen LogP contribution in [0.1, 0.15) is 24.4 Å². The van der Waals surface area contributed by atoms with Gasteiger partial charge in [-0.25, -0.2) is 0 Å². The summed E-state index contributed by atoms with van der Waals surface area (Å²) in [5.41, 5.74) is 1.54. The van der Waals surface area contributed by atoms with Gasteiger partial charge in [0.15, 0.2) is 6.10 Å². The summed E-state index contributed by atoms with van der Waals surface area (Å²) in [6.45, 7) is -0.0734. The van der Waals surface area contributed by atoms with Crippen LogP contribution >= 0.6 is 0 Å². The van der Waals surface area contributed by atoms with Crippen molar-refractivity contribution in [2.45, 2.75) is 31.0 Å². The molecule has 27 heavy (non-hydrogen) atoms. The van der Waals surface area contributed by atoms with Gasteiger partial charge in [0.25, 0.3) is 5.91 Å². The van der Waals surface area contributed by atoms with Crippen molar-refractivity contribution in [3.63, 3.8) is 0 Å². The third kappa shape index (κ3) is 3.66. The molecule has 1 saturated carbocycles. The predicted molar refractivity (Wildman–Crippen MR) is 100 cm³/mol. The predicted octanol–water partition coefficient (Wildman–Crippen LogP) is 2.76. The van der Waals surface area contributed by atoms with E-state index in [0.717, 1.165) is 18.4 Å². The third-order valence-corrected chi connectivity index (χ3v) is 4.94. The van der Waals surface area contributed by atoms with Crippen LogP contribution in [0.25, 0.3) is 0 Å². The summed E-state index contributed by atoms with van der Waals surface area (Å²) in [5, 5.41) is 2.90. The number of anilines is 1. The number of nitrogens with one attached hydrogen (secondary N) is 1. The van der Waals surface area contributed by atoms with Gasteiger partial charge >= 0.3 is 0 Å². The van der Waals surface area contributed by atoms with Crippen LogP contribution < -0.4 is 10.1 Å². The third-order valence-electron chi connectivity index (χ3n) is 4.94. The number of benzene rings is 2. The van der Waals surface area contributed by atoms with Gasteiger partial charge in [-0.2, -0.15) is 0 Å². The van der Waals surface area contributed by atoms with Crippen LogP contribution in [0.15, 0.2) is 54.6 Å². The Balaban J connectivity index is 1.62. The Bertz CT molecular complexity index is 835. The first kappa shape index (κ1) is 17.5. The lowest BCUT2D eigenvalue weighted by Crippen LogP contribution is -2.53. The summed E-state index contributed by atoms with van der Waals surface area (Å²) in [6, 6.07) is 16.6. The molecule has 6 heteroatoms. The smallest absolute Gasteiger partial charge is 0.256 e. The molecular formula is C21H22N2O4. The minimum Gasteiger partial charge on any atom is -0.497 e. The second-order valence-electron chi connectivity index (χ2n) is 6.84. The quantitative estimate of drug-likeness (QED) is 0.884. The fourth-order valence-corrected chi connectivity index (χ4v) is 3.53. The maximum atomic E-state index is 13.0. The Kier molecular flexibility index (Phi) is 4.81. The first-order valence-corrected chi connectivity index (χ1v) is 9.10. The van der Waals surface area contributed by atoms with Crippen LogP contribution in [-0.4, -0.2) is 42.6 Å². The average molecular weight is 366 g/mol. The number of methoxy groups -OCH3 is 1. The molecule has 0 unspecified atom stereocenters. The molecule has 2 atom stereocenters. The second kappa shape index (κ2) is 7.40. The maximum absolute atomic E-state index is 13.0. The normalized spacial score (nSPS) is 22.4. The largest absolute Gasteiger partial charge is 0.497 e. The molecule has 2 amide bonds. The first-order valence-electron chi connectivity index (χ1n) is 9.10. The molecule has 1 heterocycles. The zero-order chi connectivity index (χ0) is 18.8. The Labute approximate surface area is 158 Å². The van der Waals surface area contributed by atoms with Gasteiger partial charge in [0, 0.05) is 17.8 Å². The topological polar surface area (TPSA) is 67.9 Å². The van der Waals surface area contributed by atoms with E-state index in [1.165, 1.54) is 0 Å². The van der Waals surface area contributed by atoms with Crippen LogP contribution in [0.2, 0.25) is 0 Å². The molecule has 2 aromatic rings. The van der Waals surface area contributed by atoms with Gasteiger partial charge in [0.2, 0.25) is 5.91 Å². The lowest BCUT2D eigenvalue weighted by atomic mass is 9.96. The van der Waals surface area contributed by atoms with Gasteiger partial charge in [-0.1, -0.05) is 36.4 Å². The highest BCUT2D eigenvalue weighted by Crippen LogP contribution is 2.39. The number of nitrogens with zero attached hydrogens (tertiary/aromatic N) is 1. The summed E-state index contributed by atoms with van der Waals surface area (Å²) < 4.78 is 10.9. The van der Waals surface area contributed by atoms with Gasteiger partial charge in [0.1, 0.15) is 12.4 Å². The lowest BCUT2D eigenvalue weighted by Gasteiger charge is -2.40. The Morgan fingerprint density at radius 2 is 1.93 bits per heavy atom. The second-order valence-corrected chi connectivity index (χ2v) is 6.84. The van der Waals surface area contributed by atoms with Crippen molar-refractivity contribution in [1.82, 2.24) is 4.90 Å². The highest BCUT2D eigenvalue weighted by atomic mass is 16.5. The molecule has 0 radical (unpaired) electrons. The van der Waals surface area contributed by atoms with E-state index in [4.69, 9.17) is 9.47 Å². The van der Waals surface area contributed by atoms with E-state index in [0.29, 0.717) is 11.4 Å². The number of ether oxygens (including phenoxy) is 2. The zero-order valence-electron chi connectivity index (χ0n) is 15.1. The van der Waals surface area contributed by atoms with Crippen molar-refractivity contribution in [3.8, 4) is 5.75 Å². The lowest BCUT2D eigenvalue weighted by molar-refractivity contribution is -0.163. The van der Waals surface area contributed by atoms with Crippen molar-refractivity contribution in [3.05, 3.63) is 60.2 Å². The van der Waals surface area contributed by atoms with Gasteiger partial charge in [-0.05, 0) is 30.5 Å². The molecule has 4 rings (SSSR count). The number of rotatable bonds is 5. The van der Waals surface area contributed by atoms with E-state index >= 15 is 0 Å². The highest BCUT2D eigenvalue weighted by Gasteiger charge is 2.47. The van der Waals surface area contributed by atoms with E-state index in [9.17, 15) is 9.59 Å².